The Morgan fingerprint density at radius 2 is 2.30 bits per heavy atom. The number of hydrogen-bond donors (Lipinski definition) is 2. The molecule has 0 spiro atoms. The third-order valence-electron chi connectivity index (χ3n) is 3.07. The summed E-state index contributed by atoms with van der Waals surface area (Å²) < 4.78 is 5.64. The maximum absolute atomic E-state index is 12.2. The minimum Gasteiger partial charge on any atom is -0.491 e. The van der Waals surface area contributed by atoms with Crippen molar-refractivity contribution in [1.29, 1.82) is 0 Å². The van der Waals surface area contributed by atoms with E-state index in [1.807, 2.05) is 50.7 Å². The minimum atomic E-state index is -0.0975. The fraction of sp³-hybridized carbons (Fsp3) is 0.533. The maximum atomic E-state index is 12.2. The maximum Gasteiger partial charge on any atom is 0.242 e. The van der Waals surface area contributed by atoms with Crippen molar-refractivity contribution in [3.63, 3.8) is 0 Å². The highest BCUT2D eigenvalue weighted by Gasteiger charge is 2.21. The first-order valence-corrected chi connectivity index (χ1v) is 8.11. The topological polar surface area (TPSA) is 50.4 Å². The van der Waals surface area contributed by atoms with Crippen LogP contribution in [0, 0.1) is 6.92 Å². The number of anilines is 1. The van der Waals surface area contributed by atoms with Crippen molar-refractivity contribution in [2.75, 3.05) is 23.4 Å². The molecule has 1 amide bonds. The number of hydrogen-bond acceptors (Lipinski definition) is 4. The van der Waals surface area contributed by atoms with Crippen molar-refractivity contribution < 1.29 is 9.53 Å². The molecule has 1 fully saturated rings. The summed E-state index contributed by atoms with van der Waals surface area (Å²) in [5, 5.41) is 6.23. The molecule has 1 aliphatic rings. The largest absolute Gasteiger partial charge is 0.491 e. The molecule has 0 aliphatic carbocycles. The van der Waals surface area contributed by atoms with Crippen LogP contribution < -0.4 is 15.4 Å². The van der Waals surface area contributed by atoms with Crippen molar-refractivity contribution in [2.24, 2.45) is 0 Å². The van der Waals surface area contributed by atoms with E-state index in [0.29, 0.717) is 0 Å². The summed E-state index contributed by atoms with van der Waals surface area (Å²) >= 11 is 1.81. The highest BCUT2D eigenvalue weighted by Crippen LogP contribution is 2.22. The van der Waals surface area contributed by atoms with E-state index in [0.717, 1.165) is 35.1 Å². The van der Waals surface area contributed by atoms with Gasteiger partial charge in [0.1, 0.15) is 5.75 Å². The molecule has 0 bridgehead atoms. The number of carbonyl (C=O) groups excluding carboxylic acids is 1. The molecule has 110 valence electrons. The summed E-state index contributed by atoms with van der Waals surface area (Å²) in [5.41, 5.74) is 1.86. The molecule has 1 aromatic rings. The average molecular weight is 294 g/mol. The molecule has 5 heteroatoms. The van der Waals surface area contributed by atoms with E-state index in [1.54, 1.807) is 0 Å². The van der Waals surface area contributed by atoms with Crippen molar-refractivity contribution in [3.8, 4) is 5.75 Å². The first-order valence-electron chi connectivity index (χ1n) is 6.95. The van der Waals surface area contributed by atoms with E-state index < -0.39 is 0 Å². The molecule has 4 nitrogen and oxygen atoms in total. The number of amides is 1. The van der Waals surface area contributed by atoms with Gasteiger partial charge in [-0.25, -0.2) is 0 Å². The van der Waals surface area contributed by atoms with E-state index in [4.69, 9.17) is 4.74 Å². The normalized spacial score (nSPS) is 18.9. The second-order valence-corrected chi connectivity index (χ2v) is 6.36. The lowest BCUT2D eigenvalue weighted by Crippen LogP contribution is -2.46. The summed E-state index contributed by atoms with van der Waals surface area (Å²) in [5.74, 6) is 2.78. The molecule has 2 rings (SSSR count). The molecule has 1 unspecified atom stereocenters. The Morgan fingerprint density at radius 1 is 1.50 bits per heavy atom. The lowest BCUT2D eigenvalue weighted by molar-refractivity contribution is -0.117. The average Bonchev–Trinajstić information content (AvgIpc) is 2.42. The first kappa shape index (κ1) is 15.2. The van der Waals surface area contributed by atoms with Crippen LogP contribution in [0.4, 0.5) is 5.69 Å². The Kier molecular flexibility index (Phi) is 5.31. The number of thioether (sulfide) groups is 1. The van der Waals surface area contributed by atoms with Gasteiger partial charge in [0.2, 0.25) is 5.91 Å². The van der Waals surface area contributed by atoms with Gasteiger partial charge in [-0.05, 0) is 44.5 Å². The van der Waals surface area contributed by atoms with Crippen molar-refractivity contribution in [2.45, 2.75) is 32.9 Å². The highest BCUT2D eigenvalue weighted by atomic mass is 32.2. The standard InChI is InChI=1S/C15H22N2O2S/c1-10(2)19-12-4-5-13(11(3)8-12)17-15(18)14-9-20-7-6-16-14/h4-5,8,10,14,16H,6-7,9H2,1-3H3,(H,17,18). The molecule has 1 saturated heterocycles. The molecule has 1 aliphatic heterocycles. The van der Waals surface area contributed by atoms with Crippen LogP contribution in [0.2, 0.25) is 0 Å². The highest BCUT2D eigenvalue weighted by molar-refractivity contribution is 7.99. The monoisotopic (exact) mass is 294 g/mol. The third-order valence-corrected chi connectivity index (χ3v) is 4.13. The van der Waals surface area contributed by atoms with Crippen LogP contribution in [0.25, 0.3) is 0 Å². The Morgan fingerprint density at radius 3 is 2.90 bits per heavy atom. The SMILES string of the molecule is Cc1cc(OC(C)C)ccc1NC(=O)C1CSCCN1. The van der Waals surface area contributed by atoms with Gasteiger partial charge in [0, 0.05) is 23.7 Å². The molecule has 0 aromatic heterocycles. The molecule has 1 heterocycles. The smallest absolute Gasteiger partial charge is 0.242 e. The van der Waals surface area contributed by atoms with Gasteiger partial charge in [0.25, 0.3) is 0 Å². The number of aryl methyl sites for hydroxylation is 1. The van der Waals surface area contributed by atoms with Gasteiger partial charge in [-0.2, -0.15) is 11.8 Å². The van der Waals surface area contributed by atoms with Gasteiger partial charge in [0.15, 0.2) is 0 Å². The number of nitrogens with one attached hydrogen (secondary N) is 2. The quantitative estimate of drug-likeness (QED) is 0.895. The van der Waals surface area contributed by atoms with Gasteiger partial charge in [-0.1, -0.05) is 0 Å². The number of carbonyl (C=O) groups is 1. The zero-order valence-corrected chi connectivity index (χ0v) is 13.0. The number of rotatable bonds is 4. The first-order chi connectivity index (χ1) is 9.56. The van der Waals surface area contributed by atoms with E-state index in [9.17, 15) is 4.79 Å². The molecule has 1 atom stereocenters. The fourth-order valence-corrected chi connectivity index (χ4v) is 3.01. The van der Waals surface area contributed by atoms with Crippen LogP contribution in [0.5, 0.6) is 5.75 Å². The van der Waals surface area contributed by atoms with Gasteiger partial charge in [-0.15, -0.1) is 0 Å². The van der Waals surface area contributed by atoms with Crippen LogP contribution in [-0.2, 0) is 4.79 Å². The molecule has 1 aromatic carbocycles. The van der Waals surface area contributed by atoms with Crippen molar-refractivity contribution in [3.05, 3.63) is 23.8 Å². The lowest BCUT2D eigenvalue weighted by Gasteiger charge is -2.22. The Balaban J connectivity index is 2.00. The predicted molar refractivity (Wildman–Crippen MR) is 84.7 cm³/mol. The number of benzene rings is 1. The van der Waals surface area contributed by atoms with E-state index in [1.165, 1.54) is 0 Å². The fourth-order valence-electron chi connectivity index (χ4n) is 2.08. The summed E-state index contributed by atoms with van der Waals surface area (Å²) in [6.45, 7) is 6.86. The van der Waals surface area contributed by atoms with Gasteiger partial charge >= 0.3 is 0 Å². The molecular formula is C15H22N2O2S. The van der Waals surface area contributed by atoms with Crippen molar-refractivity contribution >= 4 is 23.4 Å². The van der Waals surface area contributed by atoms with Crippen LogP contribution in [-0.4, -0.2) is 36.1 Å². The Hall–Kier alpha value is -1.20. The van der Waals surface area contributed by atoms with Crippen LogP contribution in [0.3, 0.4) is 0 Å². The summed E-state index contributed by atoms with van der Waals surface area (Å²) in [6, 6.07) is 5.66. The van der Waals surface area contributed by atoms with Crippen LogP contribution in [0.1, 0.15) is 19.4 Å². The van der Waals surface area contributed by atoms with Gasteiger partial charge in [0.05, 0.1) is 12.1 Å². The molecule has 0 radical (unpaired) electrons. The summed E-state index contributed by atoms with van der Waals surface area (Å²) in [6.07, 6.45) is 0.151. The molecule has 20 heavy (non-hydrogen) atoms. The van der Waals surface area contributed by atoms with Crippen LogP contribution >= 0.6 is 11.8 Å². The van der Waals surface area contributed by atoms with E-state index in [2.05, 4.69) is 10.6 Å². The molecule has 2 N–H and O–H groups in total. The van der Waals surface area contributed by atoms with Crippen molar-refractivity contribution in [1.82, 2.24) is 5.32 Å². The van der Waals surface area contributed by atoms with Gasteiger partial charge in [-0.3, -0.25) is 4.79 Å². The molecule has 0 saturated carbocycles. The van der Waals surface area contributed by atoms with Gasteiger partial charge < -0.3 is 15.4 Å². The number of ether oxygens (including phenoxy) is 1. The second-order valence-electron chi connectivity index (χ2n) is 5.21. The molecular weight excluding hydrogens is 272 g/mol. The lowest BCUT2D eigenvalue weighted by atomic mass is 10.1. The third kappa shape index (κ3) is 4.15. The van der Waals surface area contributed by atoms with E-state index >= 15 is 0 Å². The Labute approximate surface area is 124 Å². The zero-order valence-electron chi connectivity index (χ0n) is 12.2. The van der Waals surface area contributed by atoms with E-state index in [-0.39, 0.29) is 18.1 Å². The van der Waals surface area contributed by atoms with Crippen LogP contribution in [0.15, 0.2) is 18.2 Å². The zero-order chi connectivity index (χ0) is 14.5. The summed E-state index contributed by atoms with van der Waals surface area (Å²) in [7, 11) is 0. The summed E-state index contributed by atoms with van der Waals surface area (Å²) in [4.78, 5) is 12.2. The second kappa shape index (κ2) is 6.99. The Bertz CT molecular complexity index is 471. The predicted octanol–water partition coefficient (Wildman–Crippen LogP) is 2.43. The minimum absolute atomic E-state index is 0.0397.